The summed E-state index contributed by atoms with van der Waals surface area (Å²) in [5.74, 6) is -0.0804. The lowest BCUT2D eigenvalue weighted by Gasteiger charge is -2.15. The second-order valence-corrected chi connectivity index (χ2v) is 7.59. The first-order chi connectivity index (χ1) is 8.62. The zero-order valence-corrected chi connectivity index (χ0v) is 13.1. The Morgan fingerprint density at radius 3 is 2.42 bits per heavy atom. The largest absolute Gasteiger partial charge is 0.459 e. The summed E-state index contributed by atoms with van der Waals surface area (Å²) in [7, 11) is -3.78. The van der Waals surface area contributed by atoms with Gasteiger partial charge in [0.15, 0.2) is 0 Å². The van der Waals surface area contributed by atoms with Gasteiger partial charge in [0.2, 0.25) is 10.0 Å². The second kappa shape index (κ2) is 6.02. The highest BCUT2D eigenvalue weighted by Crippen LogP contribution is 2.26. The Morgan fingerprint density at radius 1 is 1.42 bits per heavy atom. The van der Waals surface area contributed by atoms with Crippen LogP contribution in [-0.4, -0.2) is 20.5 Å². The molecule has 0 saturated heterocycles. The average molecular weight is 305 g/mol. The van der Waals surface area contributed by atoms with E-state index in [1.807, 2.05) is 20.8 Å². The Hall–Kier alpha value is -0.920. The van der Waals surface area contributed by atoms with Crippen LogP contribution in [0.2, 0.25) is 0 Å². The fraction of sp³-hybridized carbons (Fsp3) is 0.583. The number of hydrogen-bond acceptors (Lipinski definition) is 5. The summed E-state index contributed by atoms with van der Waals surface area (Å²) < 4.78 is 27.9. The van der Waals surface area contributed by atoms with Crippen LogP contribution in [0.5, 0.6) is 0 Å². The van der Waals surface area contributed by atoms with Gasteiger partial charge >= 0.3 is 5.97 Å². The van der Waals surface area contributed by atoms with Gasteiger partial charge in [-0.05, 0) is 31.7 Å². The fourth-order valence-corrected chi connectivity index (χ4v) is 3.84. The molecular formula is C12H19NO4S2. The van der Waals surface area contributed by atoms with E-state index in [9.17, 15) is 13.2 Å². The van der Waals surface area contributed by atoms with Crippen LogP contribution in [0.3, 0.4) is 0 Å². The number of carbonyl (C=O) groups excluding carboxylic acids is 1. The van der Waals surface area contributed by atoms with Crippen LogP contribution >= 0.6 is 11.3 Å². The molecule has 0 fully saturated rings. The lowest BCUT2D eigenvalue weighted by Crippen LogP contribution is -2.17. The van der Waals surface area contributed by atoms with E-state index in [0.29, 0.717) is 11.5 Å². The number of hydrogen-bond donors (Lipinski definition) is 1. The summed E-state index contributed by atoms with van der Waals surface area (Å²) >= 11 is 0.939. The maximum atomic E-state index is 11.9. The maximum absolute atomic E-state index is 11.9. The summed E-state index contributed by atoms with van der Waals surface area (Å²) in [5.41, 5.74) is 0.624. The molecule has 1 rings (SSSR count). The van der Waals surface area contributed by atoms with E-state index in [1.165, 1.54) is 5.38 Å². The smallest absolute Gasteiger partial charge is 0.339 e. The van der Waals surface area contributed by atoms with Crippen molar-refractivity contribution in [3.05, 3.63) is 16.5 Å². The number of rotatable bonds is 5. The molecule has 1 aromatic rings. The van der Waals surface area contributed by atoms with Crippen LogP contribution in [-0.2, 0) is 14.8 Å². The van der Waals surface area contributed by atoms with Crippen molar-refractivity contribution in [2.75, 3.05) is 0 Å². The molecule has 0 spiro atoms. The predicted octanol–water partition coefficient (Wildman–Crippen LogP) is 2.30. The summed E-state index contributed by atoms with van der Waals surface area (Å²) in [6.07, 6.45) is 0.557. The Labute approximate surface area is 117 Å². The number of ether oxygens (including phenoxy) is 1. The van der Waals surface area contributed by atoms with Crippen molar-refractivity contribution < 1.29 is 17.9 Å². The lowest BCUT2D eigenvalue weighted by atomic mass is 10.1. The lowest BCUT2D eigenvalue weighted by molar-refractivity contribution is 0.0299. The quantitative estimate of drug-likeness (QED) is 0.846. The number of primary sulfonamides is 1. The molecule has 0 aliphatic heterocycles. The van der Waals surface area contributed by atoms with Gasteiger partial charge in [-0.3, -0.25) is 0 Å². The zero-order chi connectivity index (χ0) is 14.8. The summed E-state index contributed by atoms with van der Waals surface area (Å²) in [4.78, 5) is 11.9. The van der Waals surface area contributed by atoms with Crippen LogP contribution in [0.15, 0.2) is 9.59 Å². The van der Waals surface area contributed by atoms with Gasteiger partial charge in [0, 0.05) is 5.38 Å². The monoisotopic (exact) mass is 305 g/mol. The van der Waals surface area contributed by atoms with E-state index in [-0.39, 0.29) is 15.9 Å². The first-order valence-corrected chi connectivity index (χ1v) is 8.37. The molecule has 7 heteroatoms. The minimum atomic E-state index is -3.78. The molecule has 19 heavy (non-hydrogen) atoms. The topological polar surface area (TPSA) is 86.5 Å². The molecule has 0 bridgehead atoms. The van der Waals surface area contributed by atoms with E-state index >= 15 is 0 Å². The third-order valence-electron chi connectivity index (χ3n) is 2.58. The Morgan fingerprint density at radius 2 is 2.00 bits per heavy atom. The molecule has 1 aromatic heterocycles. The molecular weight excluding hydrogens is 286 g/mol. The molecule has 0 aromatic carbocycles. The van der Waals surface area contributed by atoms with Gasteiger partial charge in [0.05, 0.1) is 11.7 Å². The minimum absolute atomic E-state index is 0.0102. The van der Waals surface area contributed by atoms with Crippen molar-refractivity contribution in [3.8, 4) is 0 Å². The number of nitrogens with two attached hydrogens (primary N) is 1. The highest BCUT2D eigenvalue weighted by atomic mass is 32.2. The Balaban J connectivity index is 2.88. The number of thiophene rings is 1. The highest BCUT2D eigenvalue weighted by Gasteiger charge is 2.23. The molecule has 0 aliphatic carbocycles. The van der Waals surface area contributed by atoms with Crippen LogP contribution in [0.4, 0.5) is 0 Å². The van der Waals surface area contributed by atoms with Gasteiger partial charge in [-0.1, -0.05) is 13.8 Å². The third-order valence-corrected chi connectivity index (χ3v) is 5.27. The number of carbonyl (C=O) groups is 1. The van der Waals surface area contributed by atoms with E-state index in [1.54, 1.807) is 6.92 Å². The number of sulfonamides is 1. The normalized spacial score (nSPS) is 13.6. The Bertz CT molecular complexity index is 560. The van der Waals surface area contributed by atoms with Gasteiger partial charge in [-0.15, -0.1) is 11.3 Å². The van der Waals surface area contributed by atoms with Crippen molar-refractivity contribution in [2.24, 2.45) is 11.1 Å². The molecule has 1 atom stereocenters. The van der Waals surface area contributed by atoms with Gasteiger partial charge in [-0.2, -0.15) is 0 Å². The van der Waals surface area contributed by atoms with Crippen molar-refractivity contribution >= 4 is 27.3 Å². The minimum Gasteiger partial charge on any atom is -0.459 e. The van der Waals surface area contributed by atoms with E-state index in [4.69, 9.17) is 9.88 Å². The van der Waals surface area contributed by atoms with Crippen LogP contribution in [0.25, 0.3) is 0 Å². The van der Waals surface area contributed by atoms with Gasteiger partial charge in [-0.25, -0.2) is 18.4 Å². The van der Waals surface area contributed by atoms with Crippen LogP contribution in [0.1, 0.15) is 43.1 Å². The SMILES string of the molecule is Cc1c(C(=O)OC(C)CC(C)C)csc1S(N)(=O)=O. The molecule has 5 nitrogen and oxygen atoms in total. The molecule has 0 aliphatic rings. The molecule has 0 radical (unpaired) electrons. The first-order valence-electron chi connectivity index (χ1n) is 5.94. The van der Waals surface area contributed by atoms with Crippen molar-refractivity contribution in [1.29, 1.82) is 0 Å². The molecule has 1 unspecified atom stereocenters. The fourth-order valence-electron chi connectivity index (χ4n) is 1.84. The van der Waals surface area contributed by atoms with Crippen molar-refractivity contribution in [1.82, 2.24) is 0 Å². The molecule has 0 saturated carbocycles. The van der Waals surface area contributed by atoms with E-state index in [0.717, 1.165) is 17.8 Å². The molecule has 108 valence electrons. The predicted molar refractivity (Wildman–Crippen MR) is 74.8 cm³/mol. The zero-order valence-electron chi connectivity index (χ0n) is 11.5. The summed E-state index contributed by atoms with van der Waals surface area (Å²) in [6.45, 7) is 7.46. The summed E-state index contributed by atoms with van der Waals surface area (Å²) in [5, 5.41) is 6.54. The summed E-state index contributed by atoms with van der Waals surface area (Å²) in [6, 6.07) is 0. The Kier molecular flexibility index (Phi) is 5.11. The maximum Gasteiger partial charge on any atom is 0.339 e. The average Bonchev–Trinajstić information content (AvgIpc) is 2.57. The van der Waals surface area contributed by atoms with Crippen molar-refractivity contribution in [3.63, 3.8) is 0 Å². The van der Waals surface area contributed by atoms with Crippen LogP contribution in [0, 0.1) is 12.8 Å². The molecule has 0 amide bonds. The van der Waals surface area contributed by atoms with Gasteiger partial charge in [0.25, 0.3) is 0 Å². The highest BCUT2D eigenvalue weighted by molar-refractivity contribution is 7.91. The third kappa shape index (κ3) is 4.29. The molecule has 1 heterocycles. The van der Waals surface area contributed by atoms with Crippen LogP contribution < -0.4 is 5.14 Å². The molecule has 2 N–H and O–H groups in total. The van der Waals surface area contributed by atoms with E-state index in [2.05, 4.69) is 0 Å². The van der Waals surface area contributed by atoms with Gasteiger partial charge in [0.1, 0.15) is 4.21 Å². The van der Waals surface area contributed by atoms with Gasteiger partial charge < -0.3 is 4.74 Å². The van der Waals surface area contributed by atoms with Crippen molar-refractivity contribution in [2.45, 2.75) is 44.4 Å². The first kappa shape index (κ1) is 16.1. The standard InChI is InChI=1S/C12H19NO4S2/c1-7(2)5-8(3)17-11(14)10-6-18-12(9(10)4)19(13,15)16/h6-8H,5H2,1-4H3,(H2,13,15,16). The second-order valence-electron chi connectivity index (χ2n) is 4.95. The van der Waals surface area contributed by atoms with E-state index < -0.39 is 16.0 Å². The number of esters is 1.